The number of nitrogens with zero attached hydrogens (tertiary/aromatic N) is 6. The van der Waals surface area contributed by atoms with Crippen LogP contribution in [0.1, 0.15) is 6.23 Å². The summed E-state index contributed by atoms with van der Waals surface area (Å²) in [5, 5.41) is 15.2. The molecule has 6 unspecified atom stereocenters. The Balaban J connectivity index is 1.10. The van der Waals surface area contributed by atoms with E-state index in [2.05, 4.69) is 30.6 Å². The Hall–Kier alpha value is -1.92. The van der Waals surface area contributed by atoms with Crippen molar-refractivity contribution in [2.24, 2.45) is 10.7 Å². The number of aliphatic imine (C=N–C) groups is 1. The van der Waals surface area contributed by atoms with Crippen LogP contribution in [0.25, 0.3) is 11.2 Å². The molecule has 0 aromatic carbocycles. The van der Waals surface area contributed by atoms with Gasteiger partial charge in [-0.1, -0.05) is 0 Å². The van der Waals surface area contributed by atoms with Gasteiger partial charge in [-0.25, -0.2) is 19.5 Å². The SMILES string of the molecule is Nc1ncnc2c1ncn2[C@@H]1OC23CO[C@@H]1[C@@H]2OP(=O)(O)OC[C@H]1S[C@@H](N2C=NC4C(=O)NC(N)NC42)[C@H](OP(O)(=S)OC3)[C@@H]1O. The van der Waals surface area contributed by atoms with Gasteiger partial charge in [0.2, 0.25) is 0 Å². The van der Waals surface area contributed by atoms with Crippen molar-refractivity contribution in [2.45, 2.75) is 65.4 Å². The Kier molecular flexibility index (Phi) is 7.53. The van der Waals surface area contributed by atoms with Crippen LogP contribution in [0.4, 0.5) is 5.82 Å². The van der Waals surface area contributed by atoms with Gasteiger partial charge in [0.05, 0.1) is 43.8 Å². The minimum Gasteiger partial charge on any atom is -0.389 e. The highest BCUT2D eigenvalue weighted by molar-refractivity contribution is 8.07. The number of hydrogen-bond donors (Lipinski definition) is 7. The van der Waals surface area contributed by atoms with E-state index < -0.39 is 99.0 Å². The molecule has 8 rings (SSSR count). The number of anilines is 1. The number of imidazole rings is 1. The molecule has 250 valence electrons. The first kappa shape index (κ1) is 31.4. The maximum absolute atomic E-state index is 13.4. The fourth-order valence-corrected chi connectivity index (χ4v) is 10.6. The van der Waals surface area contributed by atoms with Gasteiger partial charge in [0.1, 0.15) is 53.6 Å². The van der Waals surface area contributed by atoms with E-state index in [-0.39, 0.29) is 12.4 Å². The number of carbonyl (C=O) groups is 1. The second-order valence-electron chi connectivity index (χ2n) is 11.3. The lowest BCUT2D eigenvalue weighted by Gasteiger charge is -2.40. The van der Waals surface area contributed by atoms with Crippen LogP contribution >= 0.6 is 26.3 Å². The summed E-state index contributed by atoms with van der Waals surface area (Å²) in [6, 6.07) is -0.854. The van der Waals surface area contributed by atoms with E-state index in [9.17, 15) is 24.3 Å². The van der Waals surface area contributed by atoms with E-state index in [1.165, 1.54) is 23.6 Å². The van der Waals surface area contributed by atoms with Crippen LogP contribution in [0.15, 0.2) is 17.6 Å². The largest absolute Gasteiger partial charge is 0.472 e. The lowest BCUT2D eigenvalue weighted by molar-refractivity contribution is -0.183. The molecule has 6 aliphatic heterocycles. The molecule has 1 amide bonds. The van der Waals surface area contributed by atoms with Gasteiger partial charge in [0, 0.05) is 0 Å². The standard InChI is InChI=1S/C21H28N10O11P2S2/c22-14-8-15(25-4-24-14)30(5-26-8)18-12-13-21(40-18,2-37-12)3-39-44(36,45)41-11-10(32)7(1-38-43(34,35)42-13)46-19(11)31-6-27-9-16(31)28-20(23)29-17(9)33/h4-7,9-13,16,18-20,28,32H,1-3,23H2,(H,29,33)(H,34,35)(H,36,45)(H2,22,24,25)/t7-,9?,10-,11-,12-,13+,16?,18-,19-,20?,21?,44?/m1/s1. The molecule has 4 bridgehead atoms. The first-order valence-corrected chi connectivity index (χ1v) is 18.9. The molecular weight excluding hydrogens is 694 g/mol. The van der Waals surface area contributed by atoms with E-state index >= 15 is 0 Å². The number of ether oxygens (including phenoxy) is 2. The number of fused-ring (bicyclic) bond motifs is 4. The second kappa shape index (κ2) is 11.1. The van der Waals surface area contributed by atoms with E-state index in [0.29, 0.717) is 11.2 Å². The van der Waals surface area contributed by atoms with Gasteiger partial charge in [-0.3, -0.25) is 39.0 Å². The molecule has 8 heterocycles. The number of amides is 1. The molecule has 0 aliphatic carbocycles. The predicted molar refractivity (Wildman–Crippen MR) is 159 cm³/mol. The zero-order valence-electron chi connectivity index (χ0n) is 23.3. The number of thioether (sulfide) groups is 1. The normalized spacial score (nSPS) is 47.2. The smallest absolute Gasteiger partial charge is 0.389 e. The van der Waals surface area contributed by atoms with Crippen molar-refractivity contribution in [3.05, 3.63) is 12.7 Å². The highest BCUT2D eigenvalue weighted by Gasteiger charge is 2.66. The number of rotatable bonds is 2. The topological polar surface area (TPSA) is 286 Å². The van der Waals surface area contributed by atoms with E-state index in [4.69, 9.17) is 50.8 Å². The Labute approximate surface area is 268 Å². The molecule has 21 nitrogen and oxygen atoms in total. The maximum Gasteiger partial charge on any atom is 0.472 e. The second-order valence-corrected chi connectivity index (χ2v) is 16.9. The van der Waals surface area contributed by atoms with Crippen LogP contribution in [-0.4, -0.2) is 131 Å². The third-order valence-electron chi connectivity index (χ3n) is 8.51. The fourth-order valence-electron chi connectivity index (χ4n) is 6.40. The molecule has 46 heavy (non-hydrogen) atoms. The van der Waals surface area contributed by atoms with Crippen molar-refractivity contribution >= 4 is 67.3 Å². The highest BCUT2D eigenvalue weighted by atomic mass is 32.5. The summed E-state index contributed by atoms with van der Waals surface area (Å²) >= 11 is 6.49. The lowest BCUT2D eigenvalue weighted by Crippen LogP contribution is -2.70. The quantitative estimate of drug-likeness (QED) is 0.152. The van der Waals surface area contributed by atoms with Gasteiger partial charge in [0.15, 0.2) is 23.7 Å². The minimum atomic E-state index is -4.85. The number of aromatic nitrogens is 4. The van der Waals surface area contributed by atoms with Crippen LogP contribution in [0.5, 0.6) is 0 Å². The number of aliphatic hydroxyl groups excluding tert-OH is 1. The number of nitrogen functional groups attached to an aromatic ring is 1. The Morgan fingerprint density at radius 3 is 2.83 bits per heavy atom. The van der Waals surface area contributed by atoms with E-state index in [1.807, 2.05) is 0 Å². The average molecular weight is 723 g/mol. The molecule has 0 radical (unpaired) electrons. The Morgan fingerprint density at radius 2 is 2.00 bits per heavy atom. The number of aliphatic hydroxyl groups is 1. The number of phosphoric acid groups is 1. The van der Waals surface area contributed by atoms with Gasteiger partial charge < -0.3 is 44.8 Å². The van der Waals surface area contributed by atoms with E-state index in [1.54, 1.807) is 4.90 Å². The van der Waals surface area contributed by atoms with Crippen LogP contribution < -0.4 is 22.1 Å². The van der Waals surface area contributed by atoms with Gasteiger partial charge in [0.25, 0.3) is 5.91 Å². The zero-order chi connectivity index (χ0) is 32.2. The van der Waals surface area contributed by atoms with Gasteiger partial charge >= 0.3 is 14.5 Å². The molecule has 0 saturated carbocycles. The van der Waals surface area contributed by atoms with Gasteiger partial charge in [-0.2, -0.15) is 0 Å². The number of phosphoric ester groups is 1. The van der Waals surface area contributed by atoms with Crippen molar-refractivity contribution in [3.8, 4) is 0 Å². The number of nitrogens with two attached hydrogens (primary N) is 2. The summed E-state index contributed by atoms with van der Waals surface area (Å²) in [7, 11) is -4.85. The number of carbonyl (C=O) groups excluding carboxylic acids is 1. The molecule has 5 saturated heterocycles. The van der Waals surface area contributed by atoms with Crippen molar-refractivity contribution < 1.29 is 51.8 Å². The number of nitrogens with one attached hydrogen (secondary N) is 2. The summed E-state index contributed by atoms with van der Waals surface area (Å²) in [6.07, 6.45) is -3.38. The summed E-state index contributed by atoms with van der Waals surface area (Å²) in [5.74, 6) is -0.277. The summed E-state index contributed by atoms with van der Waals surface area (Å²) < 4.78 is 50.0. The fraction of sp³-hybridized carbons (Fsp3) is 0.667. The van der Waals surface area contributed by atoms with Gasteiger partial charge in [-0.15, -0.1) is 11.8 Å². The maximum atomic E-state index is 13.4. The Morgan fingerprint density at radius 1 is 1.17 bits per heavy atom. The molecule has 9 N–H and O–H groups in total. The lowest BCUT2D eigenvalue weighted by atomic mass is 10.0. The highest BCUT2D eigenvalue weighted by Crippen LogP contribution is 2.59. The van der Waals surface area contributed by atoms with E-state index in [0.717, 1.165) is 11.8 Å². The van der Waals surface area contributed by atoms with Crippen molar-refractivity contribution in [2.75, 3.05) is 25.6 Å². The first-order valence-electron chi connectivity index (χ1n) is 13.8. The average Bonchev–Trinajstić information content (AvgIpc) is 3.80. The third kappa shape index (κ3) is 5.09. The molecular formula is C21H28N10O11P2S2. The molecule has 6 aliphatic rings. The van der Waals surface area contributed by atoms with Crippen LogP contribution in [-0.2, 0) is 48.7 Å². The molecule has 25 heteroatoms. The summed E-state index contributed by atoms with van der Waals surface area (Å²) in [6.45, 7) is -5.33. The zero-order valence-corrected chi connectivity index (χ0v) is 26.7. The predicted octanol–water partition coefficient (Wildman–Crippen LogP) is -2.99. The van der Waals surface area contributed by atoms with Gasteiger partial charge in [-0.05, 0) is 11.8 Å². The molecule has 5 fully saturated rings. The Bertz CT molecular complexity index is 1710. The molecule has 13 atom stereocenters. The molecule has 2 aromatic rings. The third-order valence-corrected chi connectivity index (χ3v) is 12.6. The summed E-state index contributed by atoms with van der Waals surface area (Å²) in [4.78, 5) is 53.0. The summed E-state index contributed by atoms with van der Waals surface area (Å²) in [5.41, 5.74) is 10.9. The monoisotopic (exact) mass is 722 g/mol. The molecule has 0 spiro atoms. The van der Waals surface area contributed by atoms with Crippen LogP contribution in [0.2, 0.25) is 0 Å². The minimum absolute atomic E-state index is 0.133. The van der Waals surface area contributed by atoms with Crippen molar-refractivity contribution in [1.29, 1.82) is 0 Å². The number of hydrogen-bond acceptors (Lipinski definition) is 19. The van der Waals surface area contributed by atoms with Crippen molar-refractivity contribution in [1.82, 2.24) is 35.1 Å². The first-order chi connectivity index (χ1) is 21.8. The molecule has 2 aromatic heterocycles. The van der Waals surface area contributed by atoms with Crippen LogP contribution in [0.3, 0.4) is 0 Å². The van der Waals surface area contributed by atoms with Crippen LogP contribution in [0, 0.1) is 0 Å². The van der Waals surface area contributed by atoms with Crippen molar-refractivity contribution in [3.63, 3.8) is 0 Å².